The Morgan fingerprint density at radius 3 is 2.67 bits per heavy atom. The van der Waals surface area contributed by atoms with Crippen LogP contribution in [-0.2, 0) is 6.42 Å². The van der Waals surface area contributed by atoms with Crippen LogP contribution in [0.15, 0.2) is 40.9 Å². The molecule has 0 bridgehead atoms. The molecule has 0 spiro atoms. The minimum Gasteiger partial charge on any atom is -0.377 e. The molecule has 2 aromatic rings. The number of anilines is 1. The molecule has 0 heterocycles. The molecule has 21 heavy (non-hydrogen) atoms. The van der Waals surface area contributed by atoms with Gasteiger partial charge in [-0.05, 0) is 58.5 Å². The molecule has 0 amide bonds. The van der Waals surface area contributed by atoms with Gasteiger partial charge >= 0.3 is 0 Å². The first-order chi connectivity index (χ1) is 10.2. The van der Waals surface area contributed by atoms with Crippen LogP contribution in [0.4, 0.5) is 5.69 Å². The maximum atomic E-state index is 6.36. The fourth-order valence-electron chi connectivity index (χ4n) is 2.90. The predicted molar refractivity (Wildman–Crippen MR) is 94.5 cm³/mol. The van der Waals surface area contributed by atoms with Gasteiger partial charge in [0.15, 0.2) is 0 Å². The molecule has 1 N–H and O–H groups in total. The average Bonchev–Trinajstić information content (AvgIpc) is 2.70. The summed E-state index contributed by atoms with van der Waals surface area (Å²) in [5.41, 5.74) is 3.71. The van der Waals surface area contributed by atoms with Crippen LogP contribution in [0, 0.1) is 0 Å². The lowest BCUT2D eigenvalue weighted by atomic mass is 9.99. The van der Waals surface area contributed by atoms with E-state index < -0.39 is 0 Å². The van der Waals surface area contributed by atoms with Crippen molar-refractivity contribution < 1.29 is 0 Å². The minimum atomic E-state index is 0.290. The van der Waals surface area contributed by atoms with Crippen LogP contribution in [0.3, 0.4) is 0 Å². The molecular formula is C17H16BrCl2N. The van der Waals surface area contributed by atoms with Crippen LogP contribution < -0.4 is 5.32 Å². The lowest BCUT2D eigenvalue weighted by Crippen LogP contribution is -2.11. The fourth-order valence-corrected chi connectivity index (χ4v) is 3.72. The van der Waals surface area contributed by atoms with Gasteiger partial charge in [-0.2, -0.15) is 0 Å². The first-order valence-corrected chi connectivity index (χ1v) is 8.69. The number of hydrogen-bond acceptors (Lipinski definition) is 1. The van der Waals surface area contributed by atoms with E-state index in [1.807, 2.05) is 12.1 Å². The molecule has 4 heteroatoms. The molecule has 0 aromatic heterocycles. The zero-order valence-electron chi connectivity index (χ0n) is 11.5. The number of nitrogens with one attached hydrogen (secondary N) is 1. The third-order valence-electron chi connectivity index (χ3n) is 3.98. The standard InChI is InChI=1S/C17H16BrCl2N/c18-13-9-10-15(17(20)16(13)19)21-14-8-4-2-6-11-5-1-3-7-12(11)14/h1,3,5,7,9-10,14,21H,2,4,6,8H2. The Balaban J connectivity index is 1.93. The van der Waals surface area contributed by atoms with Crippen molar-refractivity contribution in [3.63, 3.8) is 0 Å². The van der Waals surface area contributed by atoms with E-state index in [2.05, 4.69) is 45.5 Å². The first-order valence-electron chi connectivity index (χ1n) is 7.14. The van der Waals surface area contributed by atoms with Crippen molar-refractivity contribution in [3.05, 3.63) is 62.0 Å². The Labute approximate surface area is 143 Å². The highest BCUT2D eigenvalue weighted by atomic mass is 79.9. The second-order valence-electron chi connectivity index (χ2n) is 5.36. The largest absolute Gasteiger partial charge is 0.377 e. The van der Waals surface area contributed by atoms with E-state index in [-0.39, 0.29) is 0 Å². The Bertz CT molecular complexity index is 657. The van der Waals surface area contributed by atoms with Gasteiger partial charge in [-0.15, -0.1) is 0 Å². The molecule has 0 fully saturated rings. The molecule has 2 aromatic carbocycles. The van der Waals surface area contributed by atoms with Gasteiger partial charge in [0.2, 0.25) is 0 Å². The summed E-state index contributed by atoms with van der Waals surface area (Å²) in [5.74, 6) is 0. The van der Waals surface area contributed by atoms with E-state index in [1.165, 1.54) is 24.0 Å². The topological polar surface area (TPSA) is 12.0 Å². The van der Waals surface area contributed by atoms with Gasteiger partial charge in [-0.25, -0.2) is 0 Å². The number of aryl methyl sites for hydroxylation is 1. The van der Waals surface area contributed by atoms with Crippen molar-refractivity contribution in [3.8, 4) is 0 Å². The molecule has 1 atom stereocenters. The van der Waals surface area contributed by atoms with Gasteiger partial charge < -0.3 is 5.32 Å². The van der Waals surface area contributed by atoms with Gasteiger partial charge in [0, 0.05) is 4.47 Å². The van der Waals surface area contributed by atoms with Crippen LogP contribution >= 0.6 is 39.1 Å². The molecule has 0 aliphatic heterocycles. The predicted octanol–water partition coefficient (Wildman–Crippen LogP) is 6.64. The third kappa shape index (κ3) is 3.23. The van der Waals surface area contributed by atoms with Crippen molar-refractivity contribution in [2.24, 2.45) is 0 Å². The summed E-state index contributed by atoms with van der Waals surface area (Å²) in [6, 6.07) is 12.9. The van der Waals surface area contributed by atoms with Gasteiger partial charge in [-0.3, -0.25) is 0 Å². The highest BCUT2D eigenvalue weighted by molar-refractivity contribution is 9.10. The summed E-state index contributed by atoms with van der Waals surface area (Å²) < 4.78 is 0.820. The van der Waals surface area contributed by atoms with E-state index in [0.717, 1.165) is 23.0 Å². The monoisotopic (exact) mass is 383 g/mol. The van der Waals surface area contributed by atoms with Crippen LogP contribution in [0.2, 0.25) is 10.0 Å². The van der Waals surface area contributed by atoms with Crippen molar-refractivity contribution in [1.29, 1.82) is 0 Å². The molecule has 0 saturated carbocycles. The molecular weight excluding hydrogens is 369 g/mol. The highest BCUT2D eigenvalue weighted by Crippen LogP contribution is 2.39. The van der Waals surface area contributed by atoms with E-state index >= 15 is 0 Å². The number of benzene rings is 2. The van der Waals surface area contributed by atoms with Gasteiger partial charge in [0.1, 0.15) is 0 Å². The maximum absolute atomic E-state index is 6.36. The van der Waals surface area contributed by atoms with Gasteiger partial charge in [-0.1, -0.05) is 53.9 Å². The number of fused-ring (bicyclic) bond motifs is 1. The van der Waals surface area contributed by atoms with Crippen LogP contribution in [0.25, 0.3) is 0 Å². The van der Waals surface area contributed by atoms with Crippen LogP contribution in [0.1, 0.15) is 36.4 Å². The van der Waals surface area contributed by atoms with E-state index in [0.29, 0.717) is 16.1 Å². The Kier molecular flexibility index (Phi) is 4.78. The normalized spacial score (nSPS) is 18.0. The fraction of sp³-hybridized carbons (Fsp3) is 0.294. The minimum absolute atomic E-state index is 0.290. The third-order valence-corrected chi connectivity index (χ3v) is 5.76. The molecule has 1 aliphatic carbocycles. The van der Waals surface area contributed by atoms with Gasteiger partial charge in [0.25, 0.3) is 0 Å². The highest BCUT2D eigenvalue weighted by Gasteiger charge is 2.19. The van der Waals surface area contributed by atoms with Crippen molar-refractivity contribution >= 4 is 44.8 Å². The SMILES string of the molecule is Clc1c(Br)ccc(NC2CCCCc3ccccc32)c1Cl. The molecule has 3 rings (SSSR count). The van der Waals surface area contributed by atoms with E-state index in [4.69, 9.17) is 23.2 Å². The van der Waals surface area contributed by atoms with E-state index in [1.54, 1.807) is 0 Å². The lowest BCUT2D eigenvalue weighted by Gasteiger charge is -2.22. The first kappa shape index (κ1) is 15.2. The lowest BCUT2D eigenvalue weighted by molar-refractivity contribution is 0.644. The molecule has 0 radical (unpaired) electrons. The van der Waals surface area contributed by atoms with Crippen LogP contribution in [-0.4, -0.2) is 0 Å². The number of rotatable bonds is 2. The summed E-state index contributed by atoms with van der Waals surface area (Å²) in [6.07, 6.45) is 4.72. The quantitative estimate of drug-likeness (QED) is 0.452. The van der Waals surface area contributed by atoms with Crippen molar-refractivity contribution in [2.75, 3.05) is 5.32 Å². The number of hydrogen-bond donors (Lipinski definition) is 1. The van der Waals surface area contributed by atoms with Crippen molar-refractivity contribution in [1.82, 2.24) is 0 Å². The molecule has 0 saturated heterocycles. The summed E-state index contributed by atoms with van der Waals surface area (Å²) in [4.78, 5) is 0. The average molecular weight is 385 g/mol. The summed E-state index contributed by atoms with van der Waals surface area (Å²) >= 11 is 16.0. The molecule has 1 nitrogen and oxygen atoms in total. The van der Waals surface area contributed by atoms with Crippen molar-refractivity contribution in [2.45, 2.75) is 31.7 Å². The molecule has 1 aliphatic rings. The smallest absolute Gasteiger partial charge is 0.0835 e. The summed E-state index contributed by atoms with van der Waals surface area (Å²) in [5, 5.41) is 4.71. The molecule has 110 valence electrons. The zero-order chi connectivity index (χ0) is 14.8. The zero-order valence-corrected chi connectivity index (χ0v) is 14.6. The van der Waals surface area contributed by atoms with E-state index in [9.17, 15) is 0 Å². The van der Waals surface area contributed by atoms with Gasteiger partial charge in [0.05, 0.1) is 21.8 Å². The second-order valence-corrected chi connectivity index (χ2v) is 6.97. The second kappa shape index (κ2) is 6.60. The number of halogens is 3. The summed E-state index contributed by atoms with van der Waals surface area (Å²) in [6.45, 7) is 0. The molecule has 1 unspecified atom stereocenters. The Hall–Kier alpha value is -0.700. The Morgan fingerprint density at radius 1 is 1.00 bits per heavy atom. The maximum Gasteiger partial charge on any atom is 0.0835 e. The van der Waals surface area contributed by atoms with Crippen LogP contribution in [0.5, 0.6) is 0 Å². The Morgan fingerprint density at radius 2 is 1.81 bits per heavy atom. The summed E-state index contributed by atoms with van der Waals surface area (Å²) in [7, 11) is 0.